The highest BCUT2D eigenvalue weighted by Crippen LogP contribution is 2.24. The lowest BCUT2D eigenvalue weighted by atomic mass is 10.1. The molecule has 0 aromatic heterocycles. The zero-order valence-corrected chi connectivity index (χ0v) is 8.89. The molecule has 0 bridgehead atoms. The molecule has 0 aliphatic carbocycles. The summed E-state index contributed by atoms with van der Waals surface area (Å²) >= 11 is 0. The lowest BCUT2D eigenvalue weighted by Gasteiger charge is -2.32. The van der Waals surface area contributed by atoms with Gasteiger partial charge in [-0.1, -0.05) is 0 Å². The summed E-state index contributed by atoms with van der Waals surface area (Å²) in [5, 5.41) is 2.88. The molecule has 96 valence electrons. The smallest absolute Gasteiger partial charge is 0.330 e. The predicted octanol–water partition coefficient (Wildman–Crippen LogP) is 1.28. The molecule has 16 heavy (non-hydrogen) atoms. The average molecular weight is 245 g/mol. The van der Waals surface area contributed by atoms with E-state index in [1.807, 2.05) is 0 Å². The Kier molecular flexibility index (Phi) is 4.94. The fraction of sp³-hybridized carbons (Fsp3) is 1.00. The predicted molar refractivity (Wildman–Crippen MR) is 49.0 cm³/mol. The number of hydrogen-bond donors (Lipinski definition) is 1. The van der Waals surface area contributed by atoms with Crippen molar-refractivity contribution in [1.29, 1.82) is 0 Å². The number of halogens is 4. The van der Waals surface area contributed by atoms with E-state index in [-0.39, 0.29) is 12.6 Å². The first kappa shape index (κ1) is 13.7. The Morgan fingerprint density at radius 2 is 2.19 bits per heavy atom. The third-order valence-corrected chi connectivity index (χ3v) is 2.48. The van der Waals surface area contributed by atoms with Crippen LogP contribution in [0.1, 0.15) is 6.42 Å². The maximum atomic E-state index is 12.6. The van der Waals surface area contributed by atoms with E-state index >= 15 is 0 Å². The van der Waals surface area contributed by atoms with Crippen LogP contribution in [0.5, 0.6) is 0 Å². The van der Waals surface area contributed by atoms with Crippen LogP contribution < -0.4 is 5.32 Å². The summed E-state index contributed by atoms with van der Waals surface area (Å²) in [7, 11) is 1.66. The summed E-state index contributed by atoms with van der Waals surface area (Å²) in [6, 6.07) is -0.137. The number of likely N-dealkylation sites (N-methyl/N-ethyl adjacent to an activating group) is 1. The van der Waals surface area contributed by atoms with Crippen molar-refractivity contribution in [3.8, 4) is 0 Å². The van der Waals surface area contributed by atoms with Gasteiger partial charge in [0.1, 0.15) is 6.61 Å². The largest absolute Gasteiger partial charge is 0.379 e. The molecule has 1 heterocycles. The number of ether oxygens (including phenoxy) is 2. The van der Waals surface area contributed by atoms with Crippen LogP contribution in [0.3, 0.4) is 0 Å². The average Bonchev–Trinajstić information content (AvgIpc) is 2.26. The van der Waals surface area contributed by atoms with E-state index in [1.54, 1.807) is 7.05 Å². The molecular formula is C9H15F4NO2. The van der Waals surface area contributed by atoms with Crippen LogP contribution in [0.25, 0.3) is 0 Å². The summed E-state index contributed by atoms with van der Waals surface area (Å²) in [5.41, 5.74) is 0. The number of nitrogens with one attached hydrogen (secondary N) is 1. The van der Waals surface area contributed by atoms with Crippen LogP contribution in [-0.4, -0.2) is 51.4 Å². The Balaban J connectivity index is 2.40. The SMILES string of the molecule is CNC1CCOCC1OCC(F)(F)C(F)F. The standard InChI is InChI=1S/C9H15F4NO2/c1-14-6-2-3-15-4-7(6)16-5-9(12,13)8(10)11/h6-8,14H,2-5H2,1H3. The van der Waals surface area contributed by atoms with Gasteiger partial charge >= 0.3 is 12.3 Å². The van der Waals surface area contributed by atoms with E-state index in [2.05, 4.69) is 5.32 Å². The maximum Gasteiger partial charge on any atom is 0.330 e. The van der Waals surface area contributed by atoms with Crippen molar-refractivity contribution in [2.45, 2.75) is 30.9 Å². The van der Waals surface area contributed by atoms with Gasteiger partial charge in [0, 0.05) is 12.6 Å². The third-order valence-electron chi connectivity index (χ3n) is 2.48. The quantitative estimate of drug-likeness (QED) is 0.740. The number of alkyl halides is 4. The normalized spacial score (nSPS) is 27.4. The molecule has 2 atom stereocenters. The van der Waals surface area contributed by atoms with Crippen LogP contribution in [0.4, 0.5) is 17.6 Å². The van der Waals surface area contributed by atoms with Gasteiger partial charge in [-0.3, -0.25) is 0 Å². The second-order valence-electron chi connectivity index (χ2n) is 3.67. The van der Waals surface area contributed by atoms with E-state index in [0.29, 0.717) is 13.0 Å². The Labute approximate surface area is 91.1 Å². The molecule has 0 amide bonds. The highest BCUT2D eigenvalue weighted by molar-refractivity contribution is 4.80. The minimum absolute atomic E-state index is 0.137. The van der Waals surface area contributed by atoms with Crippen molar-refractivity contribution in [3.05, 3.63) is 0 Å². The molecule has 1 aliphatic rings. The van der Waals surface area contributed by atoms with Crippen molar-refractivity contribution in [3.63, 3.8) is 0 Å². The van der Waals surface area contributed by atoms with Crippen LogP contribution in [0.15, 0.2) is 0 Å². The first-order valence-corrected chi connectivity index (χ1v) is 5.00. The highest BCUT2D eigenvalue weighted by atomic mass is 19.3. The van der Waals surface area contributed by atoms with Crippen molar-refractivity contribution in [2.75, 3.05) is 26.9 Å². The van der Waals surface area contributed by atoms with E-state index < -0.39 is 25.1 Å². The molecule has 0 spiro atoms. The first-order chi connectivity index (χ1) is 7.47. The Bertz CT molecular complexity index is 216. The number of hydrogen-bond acceptors (Lipinski definition) is 3. The van der Waals surface area contributed by atoms with E-state index in [1.165, 1.54) is 0 Å². The fourth-order valence-electron chi connectivity index (χ4n) is 1.49. The van der Waals surface area contributed by atoms with Gasteiger partial charge in [0.15, 0.2) is 0 Å². The second-order valence-corrected chi connectivity index (χ2v) is 3.67. The molecule has 7 heteroatoms. The lowest BCUT2D eigenvalue weighted by molar-refractivity contribution is -0.188. The monoisotopic (exact) mass is 245 g/mol. The molecule has 1 rings (SSSR count). The highest BCUT2D eigenvalue weighted by Gasteiger charge is 2.42. The molecule has 0 aromatic carbocycles. The van der Waals surface area contributed by atoms with Gasteiger partial charge < -0.3 is 14.8 Å². The Hall–Kier alpha value is -0.400. The topological polar surface area (TPSA) is 30.5 Å². The lowest BCUT2D eigenvalue weighted by Crippen LogP contribution is -2.48. The summed E-state index contributed by atoms with van der Waals surface area (Å²) in [5.74, 6) is -4.10. The fourth-order valence-corrected chi connectivity index (χ4v) is 1.49. The van der Waals surface area contributed by atoms with Crippen molar-refractivity contribution < 1.29 is 27.0 Å². The molecular weight excluding hydrogens is 230 g/mol. The molecule has 2 unspecified atom stereocenters. The van der Waals surface area contributed by atoms with Crippen LogP contribution in [0.2, 0.25) is 0 Å². The minimum atomic E-state index is -4.10. The summed E-state index contributed by atoms with van der Waals surface area (Å²) in [6.45, 7) is -0.627. The van der Waals surface area contributed by atoms with Crippen LogP contribution in [-0.2, 0) is 9.47 Å². The van der Waals surface area contributed by atoms with E-state index in [0.717, 1.165) is 0 Å². The molecule has 0 aromatic rings. The van der Waals surface area contributed by atoms with Gasteiger partial charge in [-0.25, -0.2) is 8.78 Å². The molecule has 1 aliphatic heterocycles. The van der Waals surface area contributed by atoms with Crippen molar-refractivity contribution in [2.24, 2.45) is 0 Å². The van der Waals surface area contributed by atoms with Gasteiger partial charge in [0.2, 0.25) is 0 Å². The zero-order valence-electron chi connectivity index (χ0n) is 8.89. The Morgan fingerprint density at radius 3 is 2.75 bits per heavy atom. The summed E-state index contributed by atoms with van der Waals surface area (Å²) in [4.78, 5) is 0. The van der Waals surface area contributed by atoms with Crippen LogP contribution >= 0.6 is 0 Å². The van der Waals surface area contributed by atoms with E-state index in [4.69, 9.17) is 9.47 Å². The van der Waals surface area contributed by atoms with Gasteiger partial charge in [0.25, 0.3) is 0 Å². The molecule has 0 saturated carbocycles. The second kappa shape index (κ2) is 5.79. The van der Waals surface area contributed by atoms with Crippen molar-refractivity contribution in [1.82, 2.24) is 5.32 Å². The third kappa shape index (κ3) is 3.57. The van der Waals surface area contributed by atoms with Crippen molar-refractivity contribution >= 4 is 0 Å². The van der Waals surface area contributed by atoms with E-state index in [9.17, 15) is 17.6 Å². The molecule has 1 fully saturated rings. The first-order valence-electron chi connectivity index (χ1n) is 5.00. The molecule has 0 radical (unpaired) electrons. The molecule has 3 nitrogen and oxygen atoms in total. The van der Waals surface area contributed by atoms with Gasteiger partial charge in [-0.2, -0.15) is 8.78 Å². The minimum Gasteiger partial charge on any atom is -0.379 e. The Morgan fingerprint density at radius 1 is 1.50 bits per heavy atom. The molecule has 1 saturated heterocycles. The molecule has 1 N–H and O–H groups in total. The number of rotatable bonds is 5. The van der Waals surface area contributed by atoms with Crippen LogP contribution in [0, 0.1) is 0 Å². The van der Waals surface area contributed by atoms with Gasteiger partial charge in [-0.05, 0) is 13.5 Å². The summed E-state index contributed by atoms with van der Waals surface area (Å²) < 4.78 is 58.8. The summed E-state index contributed by atoms with van der Waals surface area (Å²) in [6.07, 6.45) is -3.70. The zero-order chi connectivity index (χ0) is 12.2. The van der Waals surface area contributed by atoms with Gasteiger partial charge in [0.05, 0.1) is 12.7 Å². The maximum absolute atomic E-state index is 12.6. The van der Waals surface area contributed by atoms with Gasteiger partial charge in [-0.15, -0.1) is 0 Å².